The molecule has 1 aromatic carbocycles. The Balaban J connectivity index is 1.53. The van der Waals surface area contributed by atoms with Gasteiger partial charge < -0.3 is 9.42 Å². The first-order chi connectivity index (χ1) is 13.5. The molecule has 1 atom stereocenters. The van der Waals surface area contributed by atoms with Crippen LogP contribution in [0.2, 0.25) is 0 Å². The highest BCUT2D eigenvalue weighted by atomic mass is 19.1. The molecule has 144 valence electrons. The van der Waals surface area contributed by atoms with Crippen molar-refractivity contribution in [2.75, 3.05) is 6.54 Å². The van der Waals surface area contributed by atoms with Crippen molar-refractivity contribution >= 4 is 5.91 Å². The van der Waals surface area contributed by atoms with Crippen molar-refractivity contribution in [3.05, 3.63) is 71.1 Å². The molecule has 0 spiro atoms. The molecule has 3 aromatic rings. The maximum absolute atomic E-state index is 13.9. The Kier molecular flexibility index (Phi) is 4.94. The van der Waals surface area contributed by atoms with Gasteiger partial charge in [-0.1, -0.05) is 29.4 Å². The van der Waals surface area contributed by atoms with Crippen LogP contribution < -0.4 is 0 Å². The second-order valence-electron chi connectivity index (χ2n) is 7.18. The largest absolute Gasteiger partial charge is 0.361 e. The van der Waals surface area contributed by atoms with E-state index in [2.05, 4.69) is 10.1 Å². The third-order valence-corrected chi connectivity index (χ3v) is 5.32. The van der Waals surface area contributed by atoms with Crippen molar-refractivity contribution in [2.24, 2.45) is 0 Å². The van der Waals surface area contributed by atoms with E-state index in [-0.39, 0.29) is 24.2 Å². The van der Waals surface area contributed by atoms with Gasteiger partial charge in [-0.05, 0) is 44.4 Å². The number of hydrogen-bond acceptors (Lipinski definition) is 4. The fraction of sp³-hybridized carbons (Fsp3) is 0.318. The molecule has 28 heavy (non-hydrogen) atoms. The molecule has 1 saturated heterocycles. The number of carbonyl (C=O) groups is 1. The molecule has 1 amide bonds. The van der Waals surface area contributed by atoms with Gasteiger partial charge in [-0.3, -0.25) is 9.78 Å². The van der Waals surface area contributed by atoms with E-state index in [1.165, 1.54) is 6.07 Å². The minimum absolute atomic E-state index is 0.0656. The minimum Gasteiger partial charge on any atom is -0.361 e. The predicted octanol–water partition coefficient (Wildman–Crippen LogP) is 4.40. The number of nitrogens with zero attached hydrogens (tertiary/aromatic N) is 3. The average molecular weight is 379 g/mol. The monoisotopic (exact) mass is 379 g/mol. The van der Waals surface area contributed by atoms with E-state index in [9.17, 15) is 9.18 Å². The number of hydrogen-bond donors (Lipinski definition) is 0. The normalized spacial score (nSPS) is 16.5. The standard InChI is InChI=1S/C22H22FN3O2/c1-14-22(15(2)28-25-14)17-9-10-19(24-13-17)20-8-5-11-26(20)21(27)12-16-6-3-4-7-18(16)23/h3-4,6-7,9-10,13,20H,5,8,11-12H2,1-2H3. The molecule has 4 rings (SSSR count). The topological polar surface area (TPSA) is 59.2 Å². The molecule has 6 heteroatoms. The summed E-state index contributed by atoms with van der Waals surface area (Å²) in [5.41, 5.74) is 4.02. The summed E-state index contributed by atoms with van der Waals surface area (Å²) < 4.78 is 19.1. The first-order valence-corrected chi connectivity index (χ1v) is 9.46. The van der Waals surface area contributed by atoms with Crippen LogP contribution in [-0.2, 0) is 11.2 Å². The zero-order valence-corrected chi connectivity index (χ0v) is 16.0. The van der Waals surface area contributed by atoms with E-state index in [1.807, 2.05) is 30.9 Å². The van der Waals surface area contributed by atoms with Crippen LogP contribution in [0.25, 0.3) is 11.1 Å². The summed E-state index contributed by atoms with van der Waals surface area (Å²) in [4.78, 5) is 19.2. The number of pyridine rings is 1. The van der Waals surface area contributed by atoms with Crippen LogP contribution in [0.5, 0.6) is 0 Å². The molecule has 0 aliphatic carbocycles. The lowest BCUT2D eigenvalue weighted by molar-refractivity contribution is -0.131. The van der Waals surface area contributed by atoms with Gasteiger partial charge >= 0.3 is 0 Å². The fourth-order valence-electron chi connectivity index (χ4n) is 3.92. The lowest BCUT2D eigenvalue weighted by Gasteiger charge is -2.24. The van der Waals surface area contributed by atoms with E-state index in [0.29, 0.717) is 12.1 Å². The summed E-state index contributed by atoms with van der Waals surface area (Å²) in [7, 11) is 0. The Morgan fingerprint density at radius 1 is 1.25 bits per heavy atom. The number of likely N-dealkylation sites (tertiary alicyclic amines) is 1. The lowest BCUT2D eigenvalue weighted by Crippen LogP contribution is -2.32. The Morgan fingerprint density at radius 3 is 2.75 bits per heavy atom. The van der Waals surface area contributed by atoms with Crippen LogP contribution in [0.4, 0.5) is 4.39 Å². The van der Waals surface area contributed by atoms with Crippen LogP contribution in [0.3, 0.4) is 0 Å². The summed E-state index contributed by atoms with van der Waals surface area (Å²) >= 11 is 0. The first kappa shape index (κ1) is 18.3. The minimum atomic E-state index is -0.339. The van der Waals surface area contributed by atoms with Crippen molar-refractivity contribution < 1.29 is 13.7 Å². The van der Waals surface area contributed by atoms with E-state index in [1.54, 1.807) is 24.4 Å². The summed E-state index contributed by atoms with van der Waals surface area (Å²) in [6.45, 7) is 4.45. The number of aryl methyl sites for hydroxylation is 2. The quantitative estimate of drug-likeness (QED) is 0.674. The summed E-state index contributed by atoms with van der Waals surface area (Å²) in [6, 6.07) is 10.3. The van der Waals surface area contributed by atoms with Gasteiger partial charge in [0.05, 0.1) is 23.9 Å². The Morgan fingerprint density at radius 2 is 2.07 bits per heavy atom. The predicted molar refractivity (Wildman–Crippen MR) is 103 cm³/mol. The van der Waals surface area contributed by atoms with Crippen molar-refractivity contribution in [2.45, 2.75) is 39.2 Å². The lowest BCUT2D eigenvalue weighted by atomic mass is 10.0. The zero-order chi connectivity index (χ0) is 19.7. The molecule has 1 aliphatic rings. The Hall–Kier alpha value is -3.02. The van der Waals surface area contributed by atoms with Crippen molar-refractivity contribution in [3.63, 3.8) is 0 Å². The van der Waals surface area contributed by atoms with Crippen molar-refractivity contribution in [3.8, 4) is 11.1 Å². The fourth-order valence-corrected chi connectivity index (χ4v) is 3.92. The molecule has 5 nitrogen and oxygen atoms in total. The van der Waals surface area contributed by atoms with Gasteiger partial charge in [-0.2, -0.15) is 0 Å². The maximum Gasteiger partial charge on any atom is 0.227 e. The smallest absolute Gasteiger partial charge is 0.227 e. The average Bonchev–Trinajstić information content (AvgIpc) is 3.31. The highest BCUT2D eigenvalue weighted by Gasteiger charge is 2.31. The van der Waals surface area contributed by atoms with Gasteiger partial charge in [-0.15, -0.1) is 0 Å². The number of benzene rings is 1. The Labute approximate surface area is 163 Å². The number of carbonyl (C=O) groups excluding carboxylic acids is 1. The van der Waals surface area contributed by atoms with Crippen LogP contribution in [-0.4, -0.2) is 27.5 Å². The van der Waals surface area contributed by atoms with Crippen LogP contribution >= 0.6 is 0 Å². The van der Waals surface area contributed by atoms with Crippen molar-refractivity contribution in [1.82, 2.24) is 15.0 Å². The molecule has 2 aromatic heterocycles. The van der Waals surface area contributed by atoms with Gasteiger partial charge in [0.1, 0.15) is 11.6 Å². The van der Waals surface area contributed by atoms with E-state index < -0.39 is 0 Å². The number of rotatable bonds is 4. The van der Waals surface area contributed by atoms with Gasteiger partial charge in [0.15, 0.2) is 0 Å². The molecule has 1 unspecified atom stereocenters. The molecule has 0 saturated carbocycles. The van der Waals surface area contributed by atoms with Crippen LogP contribution in [0.1, 0.15) is 41.6 Å². The summed E-state index contributed by atoms with van der Waals surface area (Å²) in [5.74, 6) is 0.354. The molecular weight excluding hydrogens is 357 g/mol. The van der Waals surface area contributed by atoms with Gasteiger partial charge in [0, 0.05) is 23.9 Å². The SMILES string of the molecule is Cc1noc(C)c1-c1ccc(C2CCCN2C(=O)Cc2ccccc2F)nc1. The molecule has 0 N–H and O–H groups in total. The number of aromatic nitrogens is 2. The molecule has 3 heterocycles. The Bertz CT molecular complexity index is 978. The summed E-state index contributed by atoms with van der Waals surface area (Å²) in [5, 5.41) is 3.99. The highest BCUT2D eigenvalue weighted by molar-refractivity contribution is 5.79. The van der Waals surface area contributed by atoms with E-state index >= 15 is 0 Å². The van der Waals surface area contributed by atoms with E-state index in [4.69, 9.17) is 4.52 Å². The molecule has 1 aliphatic heterocycles. The third kappa shape index (κ3) is 3.42. The molecule has 0 bridgehead atoms. The molecular formula is C22H22FN3O2. The van der Waals surface area contributed by atoms with E-state index in [0.717, 1.165) is 41.1 Å². The second kappa shape index (κ2) is 7.54. The van der Waals surface area contributed by atoms with Gasteiger partial charge in [-0.25, -0.2) is 4.39 Å². The summed E-state index contributed by atoms with van der Waals surface area (Å²) in [6.07, 6.45) is 3.65. The van der Waals surface area contributed by atoms with Crippen molar-refractivity contribution in [1.29, 1.82) is 0 Å². The van der Waals surface area contributed by atoms with Gasteiger partial charge in [0.25, 0.3) is 0 Å². The highest BCUT2D eigenvalue weighted by Crippen LogP contribution is 2.33. The third-order valence-electron chi connectivity index (χ3n) is 5.32. The van der Waals surface area contributed by atoms with Gasteiger partial charge in [0.2, 0.25) is 5.91 Å². The first-order valence-electron chi connectivity index (χ1n) is 9.46. The maximum atomic E-state index is 13.9. The number of amides is 1. The molecule has 1 fully saturated rings. The van der Waals surface area contributed by atoms with Crippen LogP contribution in [0, 0.1) is 19.7 Å². The second-order valence-corrected chi connectivity index (χ2v) is 7.18. The number of halogens is 1. The molecule has 0 radical (unpaired) electrons. The van der Waals surface area contributed by atoms with Crippen LogP contribution in [0.15, 0.2) is 47.1 Å². The zero-order valence-electron chi connectivity index (χ0n) is 16.0.